The zero-order chi connectivity index (χ0) is 24.7. The van der Waals surface area contributed by atoms with Gasteiger partial charge in [0, 0.05) is 47.7 Å². The van der Waals surface area contributed by atoms with Gasteiger partial charge in [0.05, 0.1) is 5.56 Å². The predicted molar refractivity (Wildman–Crippen MR) is 142 cm³/mol. The molecule has 36 heavy (non-hydrogen) atoms. The van der Waals surface area contributed by atoms with E-state index in [0.29, 0.717) is 23.6 Å². The van der Waals surface area contributed by atoms with Crippen LogP contribution in [0.3, 0.4) is 0 Å². The number of fused-ring (bicyclic) bond motifs is 6. The highest BCUT2D eigenvalue weighted by Crippen LogP contribution is 2.56. The first-order valence-corrected chi connectivity index (χ1v) is 12.5. The third-order valence-electron chi connectivity index (χ3n) is 7.15. The molecule has 5 heteroatoms. The Kier molecular flexibility index (Phi) is 5.41. The molecule has 0 saturated carbocycles. The van der Waals surface area contributed by atoms with Crippen LogP contribution in [0.15, 0.2) is 91.0 Å². The molecule has 1 unspecified atom stereocenters. The normalized spacial score (nSPS) is 17.0. The number of carbonyl (C=O) groups is 1. The molecule has 2 aliphatic rings. The van der Waals surface area contributed by atoms with Crippen molar-refractivity contribution in [2.45, 2.75) is 26.0 Å². The summed E-state index contributed by atoms with van der Waals surface area (Å²) in [5.74, 6) is 1.07. The molecule has 0 aliphatic carbocycles. The highest BCUT2D eigenvalue weighted by molar-refractivity contribution is 5.97. The van der Waals surface area contributed by atoms with Crippen molar-refractivity contribution in [3.8, 4) is 11.5 Å². The van der Waals surface area contributed by atoms with Gasteiger partial charge in [-0.05, 0) is 61.9 Å². The average Bonchev–Trinajstić information content (AvgIpc) is 3.22. The lowest BCUT2D eigenvalue weighted by atomic mass is 9.77. The molecule has 0 radical (unpaired) electrons. The van der Waals surface area contributed by atoms with Crippen LogP contribution in [0.1, 0.15) is 46.5 Å². The number of carbonyl (C=O) groups excluding carboxylic acids is 1. The van der Waals surface area contributed by atoms with Gasteiger partial charge in [0.25, 0.3) is 0 Å². The van der Waals surface area contributed by atoms with Crippen molar-refractivity contribution in [1.82, 2.24) is 0 Å². The van der Waals surface area contributed by atoms with Gasteiger partial charge in [-0.25, -0.2) is 4.79 Å². The molecular weight excluding hydrogens is 448 g/mol. The van der Waals surface area contributed by atoms with E-state index in [2.05, 4.69) is 54.4 Å². The second-order valence-electron chi connectivity index (χ2n) is 9.12. The minimum atomic E-state index is -1.04. The molecule has 1 N–H and O–H groups in total. The van der Waals surface area contributed by atoms with E-state index in [0.717, 1.165) is 35.5 Å². The molecular formula is C31H28N2O3. The molecule has 0 fully saturated rings. The molecule has 4 aromatic rings. The van der Waals surface area contributed by atoms with E-state index in [1.54, 1.807) is 0 Å². The molecule has 2 aliphatic heterocycles. The van der Waals surface area contributed by atoms with Crippen LogP contribution in [-0.4, -0.2) is 19.1 Å². The van der Waals surface area contributed by atoms with E-state index in [-0.39, 0.29) is 5.97 Å². The molecule has 180 valence electrons. The third-order valence-corrected chi connectivity index (χ3v) is 7.15. The molecule has 5 nitrogen and oxygen atoms in total. The largest absolute Gasteiger partial charge is 0.456 e. The van der Waals surface area contributed by atoms with Crippen LogP contribution >= 0.6 is 0 Å². The summed E-state index contributed by atoms with van der Waals surface area (Å²) in [5, 5.41) is 3.56. The first kappa shape index (κ1) is 22.2. The number of nitrogens with zero attached hydrogens (tertiary/aromatic N) is 1. The zero-order valence-electron chi connectivity index (χ0n) is 20.5. The van der Waals surface area contributed by atoms with Gasteiger partial charge in [-0.3, -0.25) is 0 Å². The second kappa shape index (κ2) is 8.76. The Bertz CT molecular complexity index is 1460. The van der Waals surface area contributed by atoms with E-state index >= 15 is 0 Å². The second-order valence-corrected chi connectivity index (χ2v) is 9.12. The van der Waals surface area contributed by atoms with Gasteiger partial charge in [-0.1, -0.05) is 48.5 Å². The van der Waals surface area contributed by atoms with E-state index < -0.39 is 5.60 Å². The van der Waals surface area contributed by atoms with Crippen molar-refractivity contribution < 1.29 is 14.3 Å². The highest BCUT2D eigenvalue weighted by Gasteiger charge is 2.53. The first-order chi connectivity index (χ1) is 17.6. The summed E-state index contributed by atoms with van der Waals surface area (Å²) in [4.78, 5) is 15.3. The SMILES string of the molecule is CCN(CC)c1cccc(CNc2ccc3c(c2)C2(OC(=O)c4ccccc42)c2ccccc2O3)c1. The number of anilines is 2. The van der Waals surface area contributed by atoms with Gasteiger partial charge >= 0.3 is 5.97 Å². The molecule has 0 bridgehead atoms. The maximum atomic E-state index is 13.0. The number of ether oxygens (including phenoxy) is 2. The van der Waals surface area contributed by atoms with Crippen molar-refractivity contribution in [1.29, 1.82) is 0 Å². The monoisotopic (exact) mass is 476 g/mol. The quantitative estimate of drug-likeness (QED) is 0.313. The molecule has 0 saturated heterocycles. The number of benzene rings is 4. The zero-order valence-corrected chi connectivity index (χ0v) is 20.5. The number of para-hydroxylation sites is 1. The lowest BCUT2D eigenvalue weighted by Crippen LogP contribution is -2.33. The molecule has 1 atom stereocenters. The van der Waals surface area contributed by atoms with Gasteiger partial charge in [-0.2, -0.15) is 0 Å². The predicted octanol–water partition coefficient (Wildman–Crippen LogP) is 6.71. The Labute approximate surface area is 211 Å². The smallest absolute Gasteiger partial charge is 0.340 e. The van der Waals surface area contributed by atoms with Crippen molar-refractivity contribution in [2.75, 3.05) is 23.3 Å². The molecule has 0 amide bonds. The maximum Gasteiger partial charge on any atom is 0.340 e. The highest BCUT2D eigenvalue weighted by atomic mass is 16.6. The summed E-state index contributed by atoms with van der Waals surface area (Å²) in [7, 11) is 0. The lowest BCUT2D eigenvalue weighted by molar-refractivity contribution is 0.0224. The first-order valence-electron chi connectivity index (χ1n) is 12.5. The number of hydrogen-bond acceptors (Lipinski definition) is 5. The van der Waals surface area contributed by atoms with Crippen LogP contribution in [0.2, 0.25) is 0 Å². The summed E-state index contributed by atoms with van der Waals surface area (Å²) in [6, 6.07) is 30.0. The average molecular weight is 477 g/mol. The molecule has 1 spiro atoms. The van der Waals surface area contributed by atoms with E-state index in [9.17, 15) is 4.79 Å². The van der Waals surface area contributed by atoms with Gasteiger partial charge in [0.15, 0.2) is 5.60 Å². The van der Waals surface area contributed by atoms with Crippen LogP contribution in [0.4, 0.5) is 11.4 Å². The van der Waals surface area contributed by atoms with Crippen LogP contribution in [0, 0.1) is 0 Å². The van der Waals surface area contributed by atoms with Gasteiger partial charge < -0.3 is 19.7 Å². The minimum absolute atomic E-state index is 0.320. The molecule has 0 aromatic heterocycles. The summed E-state index contributed by atoms with van der Waals surface area (Å²) in [5.41, 5.74) is 5.40. The topological polar surface area (TPSA) is 50.8 Å². The van der Waals surface area contributed by atoms with Crippen LogP contribution in [0.25, 0.3) is 0 Å². The molecule has 6 rings (SSSR count). The Morgan fingerprint density at radius 3 is 2.36 bits per heavy atom. The van der Waals surface area contributed by atoms with Crippen LogP contribution < -0.4 is 15.0 Å². The van der Waals surface area contributed by atoms with E-state index in [1.807, 2.05) is 60.7 Å². The minimum Gasteiger partial charge on any atom is -0.456 e. The number of rotatable bonds is 6. The Morgan fingerprint density at radius 2 is 1.53 bits per heavy atom. The Morgan fingerprint density at radius 1 is 0.778 bits per heavy atom. The Balaban J connectivity index is 1.39. The number of nitrogens with one attached hydrogen (secondary N) is 1. The number of hydrogen-bond donors (Lipinski definition) is 1. The van der Waals surface area contributed by atoms with Crippen LogP contribution in [0.5, 0.6) is 11.5 Å². The summed E-state index contributed by atoms with van der Waals surface area (Å²) >= 11 is 0. The van der Waals surface area contributed by atoms with E-state index in [4.69, 9.17) is 9.47 Å². The van der Waals surface area contributed by atoms with Gasteiger partial charge in [-0.15, -0.1) is 0 Å². The fourth-order valence-corrected chi connectivity index (χ4v) is 5.39. The third kappa shape index (κ3) is 3.42. The fraction of sp³-hybridized carbons (Fsp3) is 0.194. The molecule has 4 aromatic carbocycles. The van der Waals surface area contributed by atoms with Gasteiger partial charge in [0.2, 0.25) is 0 Å². The summed E-state index contributed by atoms with van der Waals surface area (Å²) in [6.45, 7) is 6.97. The van der Waals surface area contributed by atoms with E-state index in [1.165, 1.54) is 11.3 Å². The number of esters is 1. The van der Waals surface area contributed by atoms with Crippen molar-refractivity contribution in [2.24, 2.45) is 0 Å². The maximum absolute atomic E-state index is 13.0. The van der Waals surface area contributed by atoms with Gasteiger partial charge in [0.1, 0.15) is 11.5 Å². The van der Waals surface area contributed by atoms with Crippen LogP contribution in [-0.2, 0) is 16.9 Å². The van der Waals surface area contributed by atoms with Crippen molar-refractivity contribution in [3.63, 3.8) is 0 Å². The summed E-state index contributed by atoms with van der Waals surface area (Å²) < 4.78 is 12.5. The molecule has 2 heterocycles. The lowest BCUT2D eigenvalue weighted by Gasteiger charge is -2.36. The van der Waals surface area contributed by atoms with Crippen molar-refractivity contribution in [3.05, 3.63) is 119 Å². The summed E-state index contributed by atoms with van der Waals surface area (Å²) in [6.07, 6.45) is 0. The fourth-order valence-electron chi connectivity index (χ4n) is 5.39. The standard InChI is InChI=1S/C31H28N2O3/c1-3-33(4-2)23-11-9-10-21(18-23)20-32-22-16-17-29-27(19-22)31(26-14-7-8-15-28(26)35-29)25-13-6-5-12-24(25)30(34)36-31/h5-19,32H,3-4,20H2,1-2H3. The Hall–Kier alpha value is -4.25. The van der Waals surface area contributed by atoms with Crippen molar-refractivity contribution >= 4 is 17.3 Å².